The Balaban J connectivity index is 1.49. The monoisotopic (exact) mass is 290 g/mol. The van der Waals surface area contributed by atoms with Crippen LogP contribution in [-0.2, 0) is 9.53 Å². The van der Waals surface area contributed by atoms with Crippen LogP contribution in [-0.4, -0.2) is 12.6 Å². The Morgan fingerprint density at radius 2 is 1.67 bits per heavy atom. The molecule has 0 aromatic rings. The van der Waals surface area contributed by atoms with Crippen molar-refractivity contribution in [1.82, 2.24) is 0 Å². The fourth-order valence-electron chi connectivity index (χ4n) is 6.85. The third-order valence-electron chi connectivity index (χ3n) is 7.71. The van der Waals surface area contributed by atoms with Crippen molar-refractivity contribution in [1.29, 1.82) is 0 Å². The summed E-state index contributed by atoms with van der Waals surface area (Å²) in [4.78, 5) is 12.5. The van der Waals surface area contributed by atoms with Crippen molar-refractivity contribution in [2.45, 2.75) is 47.0 Å². The molecule has 21 heavy (non-hydrogen) atoms. The van der Waals surface area contributed by atoms with E-state index in [1.165, 1.54) is 12.8 Å². The highest BCUT2D eigenvalue weighted by atomic mass is 16.5. The molecule has 4 aliphatic rings. The first-order valence-electron chi connectivity index (χ1n) is 9.15. The van der Waals surface area contributed by atoms with Crippen LogP contribution in [0.1, 0.15) is 47.0 Å². The van der Waals surface area contributed by atoms with Crippen molar-refractivity contribution in [2.24, 2.45) is 59.2 Å². The molecule has 0 aromatic carbocycles. The van der Waals surface area contributed by atoms with Crippen molar-refractivity contribution in [3.63, 3.8) is 0 Å². The Morgan fingerprint density at radius 3 is 2.33 bits per heavy atom. The van der Waals surface area contributed by atoms with Crippen LogP contribution in [0.15, 0.2) is 0 Å². The van der Waals surface area contributed by atoms with Gasteiger partial charge in [0.1, 0.15) is 0 Å². The predicted molar refractivity (Wildman–Crippen MR) is 82.4 cm³/mol. The van der Waals surface area contributed by atoms with Gasteiger partial charge in [-0.2, -0.15) is 0 Å². The van der Waals surface area contributed by atoms with Gasteiger partial charge < -0.3 is 4.74 Å². The molecule has 0 amide bonds. The maximum absolute atomic E-state index is 12.5. The van der Waals surface area contributed by atoms with Crippen LogP contribution in [0.2, 0.25) is 0 Å². The Bertz CT molecular complexity index is 443. The maximum atomic E-state index is 12.5. The molecule has 4 aliphatic carbocycles. The van der Waals surface area contributed by atoms with Gasteiger partial charge in [-0.3, -0.25) is 4.79 Å². The second-order valence-corrected chi connectivity index (χ2v) is 8.96. The van der Waals surface area contributed by atoms with Crippen LogP contribution in [0.5, 0.6) is 0 Å². The number of carbonyl (C=O) groups excluding carboxylic acids is 1. The van der Waals surface area contributed by atoms with Gasteiger partial charge in [0.05, 0.1) is 12.5 Å². The van der Waals surface area contributed by atoms with Gasteiger partial charge in [-0.1, -0.05) is 27.7 Å². The van der Waals surface area contributed by atoms with E-state index < -0.39 is 0 Å². The summed E-state index contributed by atoms with van der Waals surface area (Å²) < 4.78 is 5.58. The molecule has 4 saturated carbocycles. The number of esters is 1. The molecular formula is C19H30O2. The minimum absolute atomic E-state index is 0.123. The lowest BCUT2D eigenvalue weighted by molar-refractivity contribution is -0.153. The molecule has 0 heterocycles. The molecule has 0 N–H and O–H groups in total. The van der Waals surface area contributed by atoms with Gasteiger partial charge in [0.25, 0.3) is 0 Å². The summed E-state index contributed by atoms with van der Waals surface area (Å²) in [5.74, 6) is 7.79. The highest BCUT2D eigenvalue weighted by Crippen LogP contribution is 2.71. The summed E-state index contributed by atoms with van der Waals surface area (Å²) in [7, 11) is 0. The average Bonchev–Trinajstić information content (AvgIpc) is 3.15. The number of hydrogen-bond donors (Lipinski definition) is 0. The minimum Gasteiger partial charge on any atom is -0.465 e. The lowest BCUT2D eigenvalue weighted by Gasteiger charge is -2.43. The molecular weight excluding hydrogens is 260 g/mol. The van der Waals surface area contributed by atoms with E-state index in [0.717, 1.165) is 47.8 Å². The van der Waals surface area contributed by atoms with Crippen LogP contribution in [0.25, 0.3) is 0 Å². The van der Waals surface area contributed by atoms with Crippen molar-refractivity contribution in [3.8, 4) is 0 Å². The Morgan fingerprint density at radius 1 is 1.00 bits per heavy atom. The third kappa shape index (κ3) is 1.86. The molecule has 0 spiro atoms. The number of hydrogen-bond acceptors (Lipinski definition) is 2. The second kappa shape index (κ2) is 4.73. The highest BCUT2D eigenvalue weighted by molar-refractivity contribution is 5.73. The van der Waals surface area contributed by atoms with Crippen molar-refractivity contribution >= 4 is 5.97 Å². The predicted octanol–water partition coefficient (Wildman–Crippen LogP) is 4.00. The summed E-state index contributed by atoms with van der Waals surface area (Å²) in [6, 6.07) is 0. The van der Waals surface area contributed by atoms with Gasteiger partial charge in [-0.15, -0.1) is 0 Å². The van der Waals surface area contributed by atoms with E-state index in [1.54, 1.807) is 0 Å². The van der Waals surface area contributed by atoms with Gasteiger partial charge in [-0.25, -0.2) is 0 Å². The first-order chi connectivity index (χ1) is 9.99. The highest BCUT2D eigenvalue weighted by Gasteiger charge is 2.66. The summed E-state index contributed by atoms with van der Waals surface area (Å²) >= 11 is 0. The van der Waals surface area contributed by atoms with E-state index >= 15 is 0 Å². The summed E-state index contributed by atoms with van der Waals surface area (Å²) in [6.45, 7) is 9.77. The zero-order chi connectivity index (χ0) is 14.9. The second-order valence-electron chi connectivity index (χ2n) is 8.96. The van der Waals surface area contributed by atoms with E-state index in [1.807, 2.05) is 0 Å². The normalized spacial score (nSPS) is 53.5. The molecule has 0 saturated heterocycles. The third-order valence-corrected chi connectivity index (χ3v) is 7.71. The minimum atomic E-state index is 0.123. The standard InChI is InChI=1S/C19H30O2/c1-9(2)8-21-19(20)16-6-12-5-15(16)18-14-7-13(17(12)18)10(3)11(14)4/h9-18H,5-8H2,1-4H3. The molecule has 2 heteroatoms. The van der Waals surface area contributed by atoms with Crippen LogP contribution < -0.4 is 0 Å². The zero-order valence-electron chi connectivity index (χ0n) is 13.9. The summed E-state index contributed by atoms with van der Waals surface area (Å²) in [5.41, 5.74) is 0. The zero-order valence-corrected chi connectivity index (χ0v) is 13.9. The molecule has 9 atom stereocenters. The van der Waals surface area contributed by atoms with Crippen LogP contribution >= 0.6 is 0 Å². The molecule has 0 radical (unpaired) electrons. The van der Waals surface area contributed by atoms with Gasteiger partial charge in [0.2, 0.25) is 0 Å². The molecule has 4 rings (SSSR count). The van der Waals surface area contributed by atoms with Crippen molar-refractivity contribution in [3.05, 3.63) is 0 Å². The molecule has 2 nitrogen and oxygen atoms in total. The molecule has 118 valence electrons. The first kappa shape index (κ1) is 14.1. The van der Waals surface area contributed by atoms with E-state index in [4.69, 9.17) is 4.74 Å². The smallest absolute Gasteiger partial charge is 0.309 e. The Labute approximate surface area is 129 Å². The first-order valence-corrected chi connectivity index (χ1v) is 9.15. The maximum Gasteiger partial charge on any atom is 0.309 e. The quantitative estimate of drug-likeness (QED) is 0.580. The topological polar surface area (TPSA) is 26.3 Å². The Hall–Kier alpha value is -0.530. The van der Waals surface area contributed by atoms with Crippen molar-refractivity contribution in [2.75, 3.05) is 6.61 Å². The molecule has 0 aromatic heterocycles. The molecule has 4 bridgehead atoms. The number of fused-ring (bicyclic) bond motifs is 9. The molecule has 9 unspecified atom stereocenters. The van der Waals surface area contributed by atoms with Gasteiger partial charge in [0, 0.05) is 0 Å². The van der Waals surface area contributed by atoms with Gasteiger partial charge >= 0.3 is 5.97 Å². The average molecular weight is 290 g/mol. The van der Waals surface area contributed by atoms with Crippen LogP contribution in [0.4, 0.5) is 0 Å². The lowest BCUT2D eigenvalue weighted by Crippen LogP contribution is -2.41. The summed E-state index contributed by atoms with van der Waals surface area (Å²) in [5, 5.41) is 0. The van der Waals surface area contributed by atoms with E-state index in [-0.39, 0.29) is 11.9 Å². The Kier molecular flexibility index (Phi) is 3.17. The number of rotatable bonds is 3. The number of ether oxygens (including phenoxy) is 1. The van der Waals surface area contributed by atoms with Gasteiger partial charge in [-0.05, 0) is 72.5 Å². The fourth-order valence-corrected chi connectivity index (χ4v) is 6.85. The fraction of sp³-hybridized carbons (Fsp3) is 0.947. The SMILES string of the molecule is CC(C)COC(=O)C1CC2CC1C1C3CC(C(C)C3C)C21. The molecule has 0 aliphatic heterocycles. The van der Waals surface area contributed by atoms with Crippen LogP contribution in [0.3, 0.4) is 0 Å². The molecule has 4 fully saturated rings. The van der Waals surface area contributed by atoms with E-state index in [2.05, 4.69) is 27.7 Å². The van der Waals surface area contributed by atoms with Crippen LogP contribution in [0, 0.1) is 59.2 Å². The van der Waals surface area contributed by atoms with E-state index in [9.17, 15) is 4.79 Å². The van der Waals surface area contributed by atoms with Crippen molar-refractivity contribution < 1.29 is 9.53 Å². The number of carbonyl (C=O) groups is 1. The summed E-state index contributed by atoms with van der Waals surface area (Å²) in [6.07, 6.45) is 3.91. The van der Waals surface area contributed by atoms with Gasteiger partial charge in [0.15, 0.2) is 0 Å². The largest absolute Gasteiger partial charge is 0.465 e. The van der Waals surface area contributed by atoms with E-state index in [0.29, 0.717) is 18.4 Å². The lowest BCUT2D eigenvalue weighted by atomic mass is 9.62.